The Morgan fingerprint density at radius 3 is 2.96 bits per heavy atom. The van der Waals surface area contributed by atoms with E-state index in [2.05, 4.69) is 44.9 Å². The fourth-order valence-corrected chi connectivity index (χ4v) is 4.27. The van der Waals surface area contributed by atoms with Crippen LogP contribution in [-0.4, -0.2) is 26.8 Å². The summed E-state index contributed by atoms with van der Waals surface area (Å²) in [6.07, 6.45) is 19.2. The molecular formula is C20H21N5. The summed E-state index contributed by atoms with van der Waals surface area (Å²) in [5, 5.41) is 0.992. The summed E-state index contributed by atoms with van der Waals surface area (Å²) in [7, 11) is 0. The van der Waals surface area contributed by atoms with E-state index in [4.69, 9.17) is 10.7 Å². The van der Waals surface area contributed by atoms with Crippen LogP contribution in [0.25, 0.3) is 16.6 Å². The van der Waals surface area contributed by atoms with Crippen LogP contribution in [0.1, 0.15) is 30.5 Å². The highest BCUT2D eigenvalue weighted by molar-refractivity contribution is 6.17. The number of anilines is 1. The van der Waals surface area contributed by atoms with Gasteiger partial charge in [0.15, 0.2) is 0 Å². The molecule has 0 aromatic carbocycles. The average Bonchev–Trinajstić information content (AvgIpc) is 2.79. The molecule has 1 aliphatic carbocycles. The topological polar surface area (TPSA) is 69.1 Å². The van der Waals surface area contributed by atoms with Gasteiger partial charge in [0.1, 0.15) is 17.8 Å². The molecule has 3 aliphatic rings. The molecule has 4 heterocycles. The van der Waals surface area contributed by atoms with Gasteiger partial charge in [-0.25, -0.2) is 9.97 Å². The number of dihydropyridines is 1. The van der Waals surface area contributed by atoms with Crippen molar-refractivity contribution in [2.75, 3.05) is 5.73 Å². The van der Waals surface area contributed by atoms with E-state index in [1.165, 1.54) is 30.5 Å². The lowest BCUT2D eigenvalue weighted by atomic mass is 9.88. The highest BCUT2D eigenvalue weighted by atomic mass is 15.1. The summed E-state index contributed by atoms with van der Waals surface area (Å²) in [6.45, 7) is 1.00. The average molecular weight is 331 g/mol. The first kappa shape index (κ1) is 14.6. The highest BCUT2D eigenvalue weighted by Crippen LogP contribution is 2.38. The second-order valence-corrected chi connectivity index (χ2v) is 6.98. The smallest absolute Gasteiger partial charge is 0.146 e. The molecule has 2 atom stereocenters. The second-order valence-electron chi connectivity index (χ2n) is 6.98. The lowest BCUT2D eigenvalue weighted by Crippen LogP contribution is -2.18. The largest absolute Gasteiger partial charge is 0.383 e. The van der Waals surface area contributed by atoms with Gasteiger partial charge < -0.3 is 10.3 Å². The first-order valence-electron chi connectivity index (χ1n) is 9.05. The maximum Gasteiger partial charge on any atom is 0.146 e. The minimum atomic E-state index is 0.217. The van der Waals surface area contributed by atoms with Crippen molar-refractivity contribution in [1.82, 2.24) is 14.5 Å². The molecule has 0 fully saturated rings. The summed E-state index contributed by atoms with van der Waals surface area (Å²) in [5.74, 6) is 0.878. The van der Waals surface area contributed by atoms with Crippen molar-refractivity contribution in [3.8, 4) is 0 Å². The maximum atomic E-state index is 6.29. The van der Waals surface area contributed by atoms with Crippen LogP contribution < -0.4 is 5.73 Å². The zero-order chi connectivity index (χ0) is 16.8. The number of rotatable bonds is 1. The van der Waals surface area contributed by atoms with Crippen LogP contribution in [0.5, 0.6) is 0 Å². The zero-order valence-corrected chi connectivity index (χ0v) is 14.1. The Morgan fingerprint density at radius 1 is 1.08 bits per heavy atom. The first-order valence-corrected chi connectivity index (χ1v) is 9.05. The van der Waals surface area contributed by atoms with Crippen LogP contribution in [0.15, 0.2) is 41.7 Å². The zero-order valence-electron chi connectivity index (χ0n) is 14.1. The summed E-state index contributed by atoms with van der Waals surface area (Å²) in [4.78, 5) is 13.6. The summed E-state index contributed by atoms with van der Waals surface area (Å²) in [6, 6.07) is 0.217. The fraction of sp³-hybridized carbons (Fsp3) is 0.350. The maximum absolute atomic E-state index is 6.29. The van der Waals surface area contributed by atoms with Crippen LogP contribution >= 0.6 is 0 Å². The Bertz CT molecular complexity index is 960. The Morgan fingerprint density at radius 2 is 2.00 bits per heavy atom. The molecule has 2 aliphatic heterocycles. The van der Waals surface area contributed by atoms with Gasteiger partial charge in [0.2, 0.25) is 0 Å². The van der Waals surface area contributed by atoms with Crippen molar-refractivity contribution < 1.29 is 0 Å². The van der Waals surface area contributed by atoms with Gasteiger partial charge in [-0.2, -0.15) is 0 Å². The van der Waals surface area contributed by atoms with Crippen molar-refractivity contribution >= 4 is 28.6 Å². The lowest BCUT2D eigenvalue weighted by Gasteiger charge is -2.23. The van der Waals surface area contributed by atoms with Gasteiger partial charge in [0.25, 0.3) is 0 Å². The molecule has 2 N–H and O–H groups in total. The predicted octanol–water partition coefficient (Wildman–Crippen LogP) is 3.32. The SMILES string of the molecule is Nc1ncnc2c1c(C1=CC3C=CC=CC3N=C1)c1n2CCCCC1. The van der Waals surface area contributed by atoms with E-state index in [1.54, 1.807) is 6.33 Å². The Kier molecular flexibility index (Phi) is 3.33. The predicted molar refractivity (Wildman–Crippen MR) is 102 cm³/mol. The highest BCUT2D eigenvalue weighted by Gasteiger charge is 2.27. The molecule has 5 rings (SSSR count). The molecule has 0 radical (unpaired) electrons. The van der Waals surface area contributed by atoms with Gasteiger partial charge >= 0.3 is 0 Å². The monoisotopic (exact) mass is 331 g/mol. The number of aromatic nitrogens is 3. The van der Waals surface area contributed by atoms with E-state index in [-0.39, 0.29) is 6.04 Å². The standard InChI is InChI=1S/C20H21N5/c21-19-18-17(14-10-13-6-3-4-7-15(13)22-11-14)16-8-2-1-5-9-25(16)20(18)24-12-23-19/h3-4,6-7,10-13,15H,1-2,5,8-9H2,(H2,21,23,24). The first-order chi connectivity index (χ1) is 12.3. The Labute approximate surface area is 146 Å². The lowest BCUT2D eigenvalue weighted by molar-refractivity contribution is 0.645. The number of fused-ring (bicyclic) bond motifs is 4. The Balaban J connectivity index is 1.75. The van der Waals surface area contributed by atoms with E-state index < -0.39 is 0 Å². The van der Waals surface area contributed by atoms with E-state index in [0.717, 1.165) is 29.6 Å². The molecule has 0 amide bonds. The number of hydrogen-bond donors (Lipinski definition) is 1. The van der Waals surface area contributed by atoms with Gasteiger partial charge in [-0.15, -0.1) is 0 Å². The number of nitrogen functional groups attached to an aromatic ring is 1. The molecule has 126 valence electrons. The summed E-state index contributed by atoms with van der Waals surface area (Å²) in [5.41, 5.74) is 10.9. The van der Waals surface area contributed by atoms with E-state index in [9.17, 15) is 0 Å². The number of allylic oxidation sites excluding steroid dienone is 3. The number of hydrogen-bond acceptors (Lipinski definition) is 4. The molecular weight excluding hydrogens is 310 g/mol. The molecule has 2 aromatic heterocycles. The summed E-state index contributed by atoms with van der Waals surface area (Å²) < 4.78 is 2.35. The van der Waals surface area contributed by atoms with Gasteiger partial charge in [0.05, 0.1) is 11.4 Å². The number of aliphatic imine (C=N–C) groups is 1. The van der Waals surface area contributed by atoms with Gasteiger partial charge in [-0.1, -0.05) is 36.8 Å². The van der Waals surface area contributed by atoms with Crippen molar-refractivity contribution in [2.45, 2.75) is 38.3 Å². The molecule has 2 unspecified atom stereocenters. The Hall–Kier alpha value is -2.69. The third-order valence-corrected chi connectivity index (χ3v) is 5.47. The molecule has 0 spiro atoms. The van der Waals surface area contributed by atoms with Crippen LogP contribution in [0.4, 0.5) is 5.82 Å². The molecule has 0 bridgehead atoms. The molecule has 5 heteroatoms. The molecule has 25 heavy (non-hydrogen) atoms. The van der Waals surface area contributed by atoms with Crippen molar-refractivity contribution in [1.29, 1.82) is 0 Å². The third kappa shape index (κ3) is 2.26. The fourth-order valence-electron chi connectivity index (χ4n) is 4.27. The minimum absolute atomic E-state index is 0.217. The van der Waals surface area contributed by atoms with Crippen LogP contribution in [0.3, 0.4) is 0 Å². The molecule has 0 saturated carbocycles. The number of nitrogens with two attached hydrogens (primary N) is 1. The van der Waals surface area contributed by atoms with Crippen molar-refractivity contribution in [3.63, 3.8) is 0 Å². The van der Waals surface area contributed by atoms with E-state index >= 15 is 0 Å². The van der Waals surface area contributed by atoms with Crippen LogP contribution in [0.2, 0.25) is 0 Å². The second kappa shape index (κ2) is 5.69. The van der Waals surface area contributed by atoms with Crippen LogP contribution in [-0.2, 0) is 13.0 Å². The van der Waals surface area contributed by atoms with E-state index in [0.29, 0.717) is 11.7 Å². The minimum Gasteiger partial charge on any atom is -0.383 e. The summed E-state index contributed by atoms with van der Waals surface area (Å²) >= 11 is 0. The van der Waals surface area contributed by atoms with Crippen LogP contribution in [0, 0.1) is 5.92 Å². The molecule has 0 saturated heterocycles. The van der Waals surface area contributed by atoms with Crippen molar-refractivity contribution in [2.24, 2.45) is 10.9 Å². The van der Waals surface area contributed by atoms with Gasteiger partial charge in [0, 0.05) is 29.9 Å². The quantitative estimate of drug-likeness (QED) is 0.871. The molecule has 2 aromatic rings. The van der Waals surface area contributed by atoms with Gasteiger partial charge in [-0.05, 0) is 24.8 Å². The van der Waals surface area contributed by atoms with E-state index in [1.807, 2.05) is 6.21 Å². The van der Waals surface area contributed by atoms with Crippen molar-refractivity contribution in [3.05, 3.63) is 48.0 Å². The number of aryl methyl sites for hydroxylation is 1. The molecule has 5 nitrogen and oxygen atoms in total. The normalized spacial score (nSPS) is 24.7. The van der Waals surface area contributed by atoms with Gasteiger partial charge in [-0.3, -0.25) is 4.99 Å². The third-order valence-electron chi connectivity index (χ3n) is 5.47. The number of nitrogens with zero attached hydrogens (tertiary/aromatic N) is 4.